The van der Waals surface area contributed by atoms with Crippen LogP contribution in [0.5, 0.6) is 0 Å². The van der Waals surface area contributed by atoms with Crippen LogP contribution in [-0.2, 0) is 37.3 Å². The van der Waals surface area contributed by atoms with Crippen LogP contribution >= 0.6 is 15.9 Å². The molecule has 1 fully saturated rings. The van der Waals surface area contributed by atoms with E-state index in [0.29, 0.717) is 24.1 Å². The predicted molar refractivity (Wildman–Crippen MR) is 184 cm³/mol. The van der Waals surface area contributed by atoms with E-state index < -0.39 is 44.8 Å². The van der Waals surface area contributed by atoms with E-state index in [1.807, 2.05) is 62.4 Å². The molecule has 1 N–H and O–H groups in total. The Morgan fingerprint density at radius 2 is 1.68 bits per heavy atom. The van der Waals surface area contributed by atoms with Crippen molar-refractivity contribution in [1.82, 2.24) is 9.80 Å². The number of ether oxygens (including phenoxy) is 2. The molecule has 10 nitrogen and oxygen atoms in total. The van der Waals surface area contributed by atoms with Crippen LogP contribution < -0.4 is 5.32 Å². The van der Waals surface area contributed by atoms with Crippen molar-refractivity contribution >= 4 is 49.5 Å². The van der Waals surface area contributed by atoms with Gasteiger partial charge >= 0.3 is 12.2 Å². The van der Waals surface area contributed by atoms with Crippen molar-refractivity contribution in [3.63, 3.8) is 0 Å². The summed E-state index contributed by atoms with van der Waals surface area (Å²) in [6, 6.07) is 19.0. The maximum Gasteiger partial charge on any atom is 0.411 e. The zero-order valence-electron chi connectivity index (χ0n) is 27.6. The lowest BCUT2D eigenvalue weighted by molar-refractivity contribution is -0.117. The number of amides is 3. The highest BCUT2D eigenvalue weighted by Crippen LogP contribution is 2.36. The molecule has 0 bridgehead atoms. The van der Waals surface area contributed by atoms with Crippen molar-refractivity contribution in [2.24, 2.45) is 0 Å². The van der Waals surface area contributed by atoms with Crippen molar-refractivity contribution in [3.05, 3.63) is 93.5 Å². The zero-order chi connectivity index (χ0) is 34.5. The first-order chi connectivity index (χ1) is 22.0. The standard InChI is InChI=1S/C35H42BrN3O7S/c1-23-18-27(36)12-16-30(23)24(2)39(34(42)45-22-25-10-8-7-9-11-25)21-32(40)37-28-13-17-31(47(43,44)29-14-15-29)26(19-28)20-38(6)33(41)46-35(3,4)5/h7-13,16-19,24,29H,14-15,20-22H2,1-6H3,(H,37,40)/t24-/m1/s1. The van der Waals surface area contributed by atoms with Crippen molar-refractivity contribution in [1.29, 1.82) is 0 Å². The topological polar surface area (TPSA) is 122 Å². The van der Waals surface area contributed by atoms with Gasteiger partial charge in [0.2, 0.25) is 5.91 Å². The number of halogens is 1. The molecule has 0 aliphatic heterocycles. The van der Waals surface area contributed by atoms with E-state index in [9.17, 15) is 22.8 Å². The Bertz CT molecular complexity index is 1720. The highest BCUT2D eigenvalue weighted by atomic mass is 79.9. The SMILES string of the molecule is Cc1cc(Br)ccc1[C@@H](C)N(CC(=O)Nc1ccc(S(=O)(=O)C2CC2)c(CN(C)C(=O)OC(C)(C)C)c1)C(=O)OCc1ccccc1. The molecule has 3 aromatic rings. The Labute approximate surface area is 285 Å². The Balaban J connectivity index is 1.58. The predicted octanol–water partition coefficient (Wildman–Crippen LogP) is 7.40. The largest absolute Gasteiger partial charge is 0.445 e. The van der Waals surface area contributed by atoms with Gasteiger partial charge in [-0.25, -0.2) is 18.0 Å². The Hall–Kier alpha value is -3.90. The number of rotatable bonds is 11. The van der Waals surface area contributed by atoms with Crippen LogP contribution in [0.4, 0.5) is 15.3 Å². The molecular formula is C35H42BrN3O7S. The number of carbonyl (C=O) groups is 3. The van der Waals surface area contributed by atoms with Gasteiger partial charge in [0.25, 0.3) is 0 Å². The van der Waals surface area contributed by atoms with Crippen molar-refractivity contribution in [3.8, 4) is 0 Å². The zero-order valence-corrected chi connectivity index (χ0v) is 30.0. The molecule has 3 amide bonds. The third-order valence-corrected chi connectivity index (χ3v) is 10.5. The summed E-state index contributed by atoms with van der Waals surface area (Å²) in [7, 11) is -2.10. The Morgan fingerprint density at radius 3 is 2.30 bits per heavy atom. The molecule has 3 aromatic carbocycles. The molecule has 252 valence electrons. The van der Waals surface area contributed by atoms with Crippen molar-refractivity contribution in [2.75, 3.05) is 18.9 Å². The molecule has 0 spiro atoms. The van der Waals surface area contributed by atoms with Gasteiger partial charge in [0.15, 0.2) is 9.84 Å². The number of carbonyl (C=O) groups excluding carboxylic acids is 3. The second-order valence-electron chi connectivity index (χ2n) is 12.8. The van der Waals surface area contributed by atoms with E-state index in [-0.39, 0.29) is 24.6 Å². The molecule has 0 heterocycles. The lowest BCUT2D eigenvalue weighted by Crippen LogP contribution is -2.40. The lowest BCUT2D eigenvalue weighted by atomic mass is 10.0. The number of nitrogens with one attached hydrogen (secondary N) is 1. The number of hydrogen-bond acceptors (Lipinski definition) is 7. The maximum atomic E-state index is 13.5. The highest BCUT2D eigenvalue weighted by molar-refractivity contribution is 9.10. The number of sulfone groups is 1. The summed E-state index contributed by atoms with van der Waals surface area (Å²) in [5.74, 6) is -0.507. The van der Waals surface area contributed by atoms with E-state index in [0.717, 1.165) is 21.2 Å². The summed E-state index contributed by atoms with van der Waals surface area (Å²) in [4.78, 5) is 42.4. The molecular weight excluding hydrogens is 686 g/mol. The van der Waals surface area contributed by atoms with Crippen LogP contribution in [0.3, 0.4) is 0 Å². The van der Waals surface area contributed by atoms with Crippen molar-refractivity contribution < 1.29 is 32.3 Å². The van der Waals surface area contributed by atoms with Crippen LogP contribution in [0.15, 0.2) is 76.1 Å². The maximum absolute atomic E-state index is 13.5. The van der Waals surface area contributed by atoms with Gasteiger partial charge in [0.1, 0.15) is 18.8 Å². The highest BCUT2D eigenvalue weighted by Gasteiger charge is 2.38. The summed E-state index contributed by atoms with van der Waals surface area (Å²) in [5.41, 5.74) is 2.52. The first-order valence-corrected chi connectivity index (χ1v) is 17.7. The summed E-state index contributed by atoms with van der Waals surface area (Å²) < 4.78 is 38.6. The van der Waals surface area contributed by atoms with E-state index in [1.165, 1.54) is 29.0 Å². The third kappa shape index (κ3) is 9.80. The summed E-state index contributed by atoms with van der Waals surface area (Å²) >= 11 is 3.47. The van der Waals surface area contributed by atoms with Crippen LogP contribution in [0, 0.1) is 6.92 Å². The first-order valence-electron chi connectivity index (χ1n) is 15.4. The molecule has 4 rings (SSSR count). The Kier molecular flexibility index (Phi) is 11.4. The Morgan fingerprint density at radius 1 is 1.00 bits per heavy atom. The van der Waals surface area contributed by atoms with Gasteiger partial charge in [-0.15, -0.1) is 0 Å². The number of anilines is 1. The summed E-state index contributed by atoms with van der Waals surface area (Å²) in [5, 5.41) is 2.35. The molecule has 0 aromatic heterocycles. The van der Waals surface area contributed by atoms with Crippen LogP contribution in [-0.4, -0.2) is 60.8 Å². The van der Waals surface area contributed by atoms with Crippen LogP contribution in [0.1, 0.15) is 68.8 Å². The molecule has 1 saturated carbocycles. The minimum Gasteiger partial charge on any atom is -0.445 e. The van der Waals surface area contributed by atoms with Crippen molar-refractivity contribution in [2.45, 2.75) is 82.4 Å². The number of hydrogen-bond donors (Lipinski definition) is 1. The van der Waals surface area contributed by atoms with Gasteiger partial charge in [0, 0.05) is 17.2 Å². The smallest absolute Gasteiger partial charge is 0.411 e. The van der Waals surface area contributed by atoms with Crippen LogP contribution in [0.2, 0.25) is 0 Å². The minimum absolute atomic E-state index is 0.0370. The third-order valence-electron chi connectivity index (χ3n) is 7.63. The molecule has 1 aliphatic carbocycles. The summed E-state index contributed by atoms with van der Waals surface area (Å²) in [6.45, 7) is 8.64. The first kappa shape index (κ1) is 35.9. The number of nitrogens with zero attached hydrogens (tertiary/aromatic N) is 2. The molecule has 0 radical (unpaired) electrons. The van der Waals surface area contributed by atoms with Gasteiger partial charge in [0.05, 0.1) is 22.7 Å². The summed E-state index contributed by atoms with van der Waals surface area (Å²) in [6.07, 6.45) is -0.115. The van der Waals surface area contributed by atoms with Gasteiger partial charge < -0.3 is 19.7 Å². The normalized spacial score (nSPS) is 13.8. The molecule has 12 heteroatoms. The van der Waals surface area contributed by atoms with E-state index >= 15 is 0 Å². The monoisotopic (exact) mass is 727 g/mol. The fraction of sp³-hybridized carbons (Fsp3) is 0.400. The van der Waals surface area contributed by atoms with Crippen LogP contribution in [0.25, 0.3) is 0 Å². The van der Waals surface area contributed by atoms with Gasteiger partial charge in [-0.3, -0.25) is 9.69 Å². The fourth-order valence-corrected chi connectivity index (χ4v) is 7.41. The van der Waals surface area contributed by atoms with E-state index in [2.05, 4.69) is 21.2 Å². The van der Waals surface area contributed by atoms with Gasteiger partial charge in [-0.2, -0.15) is 0 Å². The van der Waals surface area contributed by atoms with Gasteiger partial charge in [-0.05, 0) is 100 Å². The second kappa shape index (κ2) is 14.9. The molecule has 1 aliphatic rings. The minimum atomic E-state index is -3.62. The average molecular weight is 729 g/mol. The molecule has 1 atom stereocenters. The van der Waals surface area contributed by atoms with E-state index in [4.69, 9.17) is 9.47 Å². The van der Waals surface area contributed by atoms with E-state index in [1.54, 1.807) is 26.8 Å². The lowest BCUT2D eigenvalue weighted by Gasteiger charge is -2.29. The second-order valence-corrected chi connectivity index (χ2v) is 15.9. The quantitative estimate of drug-likeness (QED) is 0.218. The molecule has 0 unspecified atom stereocenters. The molecule has 0 saturated heterocycles. The number of aryl methyl sites for hydroxylation is 1. The number of benzene rings is 3. The average Bonchev–Trinajstić information content (AvgIpc) is 3.85. The fourth-order valence-electron chi connectivity index (χ4n) is 5.07. The molecule has 47 heavy (non-hydrogen) atoms. The van der Waals surface area contributed by atoms with Gasteiger partial charge in [-0.1, -0.05) is 52.3 Å².